The quantitative estimate of drug-likeness (QED) is 0.620. The van der Waals surface area contributed by atoms with Crippen LogP contribution in [0.15, 0.2) is 0 Å². The first kappa shape index (κ1) is 9.92. The van der Waals surface area contributed by atoms with E-state index in [0.717, 1.165) is 19.4 Å². The Labute approximate surface area is 64.0 Å². The molecular weight excluding hydrogens is 124 g/mol. The van der Waals surface area contributed by atoms with E-state index < -0.39 is 0 Å². The van der Waals surface area contributed by atoms with Gasteiger partial charge in [0.2, 0.25) is 0 Å². The minimum atomic E-state index is 0.271. The molecule has 0 bridgehead atoms. The highest BCUT2D eigenvalue weighted by Gasteiger charge is 2.15. The molecule has 0 heterocycles. The fourth-order valence-corrected chi connectivity index (χ4v) is 0.720. The highest BCUT2D eigenvalue weighted by atomic mass is 14.6. The Morgan fingerprint density at radius 2 is 1.90 bits per heavy atom. The fourth-order valence-electron chi connectivity index (χ4n) is 0.720. The molecule has 4 N–H and O–H groups in total. The van der Waals surface area contributed by atoms with Gasteiger partial charge in [0.15, 0.2) is 0 Å². The van der Waals surface area contributed by atoms with Gasteiger partial charge in [-0.3, -0.25) is 0 Å². The normalized spacial score (nSPS) is 15.3. The van der Waals surface area contributed by atoms with Crippen molar-refractivity contribution in [2.45, 2.75) is 39.7 Å². The second kappa shape index (κ2) is 3.94. The molecule has 0 spiro atoms. The second-order valence-corrected chi connectivity index (χ2v) is 3.88. The van der Waals surface area contributed by atoms with Gasteiger partial charge in [-0.1, -0.05) is 13.8 Å². The lowest BCUT2D eigenvalue weighted by Crippen LogP contribution is -2.26. The average Bonchev–Trinajstić information content (AvgIpc) is 1.85. The van der Waals surface area contributed by atoms with Crippen LogP contribution in [0.3, 0.4) is 0 Å². The molecular formula is C8H20N2. The second-order valence-electron chi connectivity index (χ2n) is 3.88. The van der Waals surface area contributed by atoms with Crippen molar-refractivity contribution in [1.29, 1.82) is 0 Å². The molecule has 0 aromatic heterocycles. The van der Waals surface area contributed by atoms with Gasteiger partial charge in [0.1, 0.15) is 0 Å². The Morgan fingerprint density at radius 3 is 2.20 bits per heavy atom. The van der Waals surface area contributed by atoms with E-state index in [0.29, 0.717) is 6.04 Å². The van der Waals surface area contributed by atoms with Crippen molar-refractivity contribution in [2.75, 3.05) is 6.54 Å². The van der Waals surface area contributed by atoms with Gasteiger partial charge < -0.3 is 11.5 Å². The van der Waals surface area contributed by atoms with Crippen molar-refractivity contribution in [3.05, 3.63) is 0 Å². The summed E-state index contributed by atoms with van der Waals surface area (Å²) in [5.41, 5.74) is 11.4. The SMILES string of the molecule is CC(N)CCC(C)(C)CN. The monoisotopic (exact) mass is 144 g/mol. The lowest BCUT2D eigenvalue weighted by molar-refractivity contribution is 0.327. The smallest absolute Gasteiger partial charge is 0.00106 e. The van der Waals surface area contributed by atoms with Gasteiger partial charge in [-0.05, 0) is 31.7 Å². The standard InChI is InChI=1S/C8H20N2/c1-7(10)4-5-8(2,3)6-9/h7H,4-6,9-10H2,1-3H3. The van der Waals surface area contributed by atoms with Crippen LogP contribution in [0, 0.1) is 5.41 Å². The summed E-state index contributed by atoms with van der Waals surface area (Å²) in [5.74, 6) is 0. The van der Waals surface area contributed by atoms with Crippen LogP contribution in [0.5, 0.6) is 0 Å². The van der Waals surface area contributed by atoms with Crippen molar-refractivity contribution in [3.63, 3.8) is 0 Å². The van der Waals surface area contributed by atoms with Crippen LogP contribution >= 0.6 is 0 Å². The summed E-state index contributed by atoms with van der Waals surface area (Å²) >= 11 is 0. The molecule has 0 saturated carbocycles. The van der Waals surface area contributed by atoms with E-state index in [1.807, 2.05) is 6.92 Å². The first-order valence-electron chi connectivity index (χ1n) is 3.93. The number of hydrogen-bond donors (Lipinski definition) is 2. The van der Waals surface area contributed by atoms with Crippen molar-refractivity contribution in [2.24, 2.45) is 16.9 Å². The summed E-state index contributed by atoms with van der Waals surface area (Å²) in [6.45, 7) is 7.14. The minimum absolute atomic E-state index is 0.271. The molecule has 0 aliphatic rings. The summed E-state index contributed by atoms with van der Waals surface area (Å²) in [5, 5.41) is 0. The van der Waals surface area contributed by atoms with Gasteiger partial charge in [0.05, 0.1) is 0 Å². The molecule has 1 atom stereocenters. The first-order valence-corrected chi connectivity index (χ1v) is 3.93. The van der Waals surface area contributed by atoms with Crippen molar-refractivity contribution in [1.82, 2.24) is 0 Å². The van der Waals surface area contributed by atoms with Crippen molar-refractivity contribution < 1.29 is 0 Å². The van der Waals surface area contributed by atoms with E-state index in [-0.39, 0.29) is 5.41 Å². The molecule has 1 unspecified atom stereocenters. The maximum atomic E-state index is 5.61. The van der Waals surface area contributed by atoms with Gasteiger partial charge in [-0.15, -0.1) is 0 Å². The van der Waals surface area contributed by atoms with Gasteiger partial charge in [-0.2, -0.15) is 0 Å². The Hall–Kier alpha value is -0.0800. The Morgan fingerprint density at radius 1 is 1.40 bits per heavy atom. The highest BCUT2D eigenvalue weighted by molar-refractivity contribution is 4.70. The van der Waals surface area contributed by atoms with Gasteiger partial charge in [0, 0.05) is 6.04 Å². The van der Waals surface area contributed by atoms with E-state index in [4.69, 9.17) is 11.5 Å². The lowest BCUT2D eigenvalue weighted by Gasteiger charge is -2.22. The van der Waals surface area contributed by atoms with E-state index in [1.165, 1.54) is 0 Å². The maximum absolute atomic E-state index is 5.61. The summed E-state index contributed by atoms with van der Waals surface area (Å²) in [6, 6.07) is 0.311. The number of rotatable bonds is 4. The molecule has 0 aromatic rings. The third kappa shape index (κ3) is 4.77. The first-order chi connectivity index (χ1) is 4.48. The molecule has 62 valence electrons. The number of nitrogens with two attached hydrogens (primary N) is 2. The van der Waals surface area contributed by atoms with Crippen LogP contribution < -0.4 is 11.5 Å². The van der Waals surface area contributed by atoms with Crippen LogP contribution in [0.25, 0.3) is 0 Å². The molecule has 0 aliphatic heterocycles. The average molecular weight is 144 g/mol. The summed E-state index contributed by atoms with van der Waals surface area (Å²) < 4.78 is 0. The molecule has 0 aromatic carbocycles. The number of hydrogen-bond acceptors (Lipinski definition) is 2. The highest BCUT2D eigenvalue weighted by Crippen LogP contribution is 2.20. The van der Waals surface area contributed by atoms with Gasteiger partial charge in [-0.25, -0.2) is 0 Å². The Bertz CT molecular complexity index is 87.3. The topological polar surface area (TPSA) is 52.0 Å². The molecule has 2 heteroatoms. The van der Waals surface area contributed by atoms with Gasteiger partial charge in [0.25, 0.3) is 0 Å². The van der Waals surface area contributed by atoms with E-state index in [2.05, 4.69) is 13.8 Å². The zero-order chi connectivity index (χ0) is 8.20. The predicted octanol–water partition coefficient (Wildman–Crippen LogP) is 1.10. The largest absolute Gasteiger partial charge is 0.330 e. The molecule has 0 fully saturated rings. The molecule has 0 rings (SSSR count). The van der Waals surface area contributed by atoms with E-state index in [1.54, 1.807) is 0 Å². The summed E-state index contributed by atoms with van der Waals surface area (Å²) in [7, 11) is 0. The Balaban J connectivity index is 3.46. The molecule has 0 saturated heterocycles. The Kier molecular flexibility index (Phi) is 3.91. The van der Waals surface area contributed by atoms with Gasteiger partial charge >= 0.3 is 0 Å². The molecule has 0 amide bonds. The zero-order valence-electron chi connectivity index (χ0n) is 7.35. The van der Waals surface area contributed by atoms with Crippen molar-refractivity contribution >= 4 is 0 Å². The van der Waals surface area contributed by atoms with Crippen LogP contribution in [0.2, 0.25) is 0 Å². The molecule has 10 heavy (non-hydrogen) atoms. The third-order valence-electron chi connectivity index (χ3n) is 1.83. The zero-order valence-corrected chi connectivity index (χ0v) is 7.35. The predicted molar refractivity (Wildman–Crippen MR) is 45.7 cm³/mol. The third-order valence-corrected chi connectivity index (χ3v) is 1.83. The van der Waals surface area contributed by atoms with Crippen LogP contribution in [0.1, 0.15) is 33.6 Å². The van der Waals surface area contributed by atoms with E-state index >= 15 is 0 Å². The van der Waals surface area contributed by atoms with E-state index in [9.17, 15) is 0 Å². The van der Waals surface area contributed by atoms with Crippen molar-refractivity contribution in [3.8, 4) is 0 Å². The summed E-state index contributed by atoms with van der Waals surface area (Å²) in [6.07, 6.45) is 2.20. The fraction of sp³-hybridized carbons (Fsp3) is 1.00. The van der Waals surface area contributed by atoms with Crippen LogP contribution in [-0.2, 0) is 0 Å². The maximum Gasteiger partial charge on any atom is 0.00106 e. The van der Waals surface area contributed by atoms with Crippen LogP contribution in [-0.4, -0.2) is 12.6 Å². The lowest BCUT2D eigenvalue weighted by atomic mass is 9.87. The molecule has 0 radical (unpaired) electrons. The molecule has 0 aliphatic carbocycles. The van der Waals surface area contributed by atoms with Crippen LogP contribution in [0.4, 0.5) is 0 Å². The minimum Gasteiger partial charge on any atom is -0.330 e. The molecule has 2 nitrogen and oxygen atoms in total. The summed E-state index contributed by atoms with van der Waals surface area (Å²) in [4.78, 5) is 0.